The second-order valence-corrected chi connectivity index (χ2v) is 4.83. The standard InChI is InChI=1S/C14H17N5/c15-13-17-12(10-6-2-1-3-7-10)18-14(19-13)16-11-8-4-5-9-11/h1-3,6-7,11H,4-5,8-9H2,(H3,15,16,17,18,19). The third kappa shape index (κ3) is 2.81. The highest BCUT2D eigenvalue weighted by molar-refractivity contribution is 5.57. The van der Waals surface area contributed by atoms with Crippen molar-refractivity contribution < 1.29 is 0 Å². The molecule has 1 aromatic carbocycles. The number of nitrogens with one attached hydrogen (secondary N) is 1. The fraction of sp³-hybridized carbons (Fsp3) is 0.357. The van der Waals surface area contributed by atoms with Crippen molar-refractivity contribution >= 4 is 11.9 Å². The first-order chi connectivity index (χ1) is 9.31. The average molecular weight is 255 g/mol. The molecule has 0 amide bonds. The first-order valence-corrected chi connectivity index (χ1v) is 6.65. The Kier molecular flexibility index (Phi) is 3.27. The van der Waals surface area contributed by atoms with Crippen molar-refractivity contribution in [3.63, 3.8) is 0 Å². The highest BCUT2D eigenvalue weighted by atomic mass is 15.2. The molecule has 0 spiro atoms. The van der Waals surface area contributed by atoms with Gasteiger partial charge in [-0.2, -0.15) is 15.0 Å². The molecule has 1 fully saturated rings. The van der Waals surface area contributed by atoms with Gasteiger partial charge in [-0.3, -0.25) is 0 Å². The van der Waals surface area contributed by atoms with Gasteiger partial charge in [0.15, 0.2) is 5.82 Å². The van der Waals surface area contributed by atoms with Crippen molar-refractivity contribution in [2.24, 2.45) is 0 Å². The second kappa shape index (κ2) is 5.22. The Morgan fingerprint density at radius 2 is 1.74 bits per heavy atom. The van der Waals surface area contributed by atoms with E-state index in [9.17, 15) is 0 Å². The predicted octanol–water partition coefficient (Wildman–Crippen LogP) is 2.48. The van der Waals surface area contributed by atoms with Crippen molar-refractivity contribution in [1.29, 1.82) is 0 Å². The Hall–Kier alpha value is -2.17. The molecule has 3 rings (SSSR count). The van der Waals surface area contributed by atoms with E-state index < -0.39 is 0 Å². The van der Waals surface area contributed by atoms with Crippen LogP contribution in [0.1, 0.15) is 25.7 Å². The molecule has 5 heteroatoms. The molecule has 3 N–H and O–H groups in total. The van der Waals surface area contributed by atoms with Gasteiger partial charge in [0.25, 0.3) is 0 Å². The van der Waals surface area contributed by atoms with Gasteiger partial charge in [-0.25, -0.2) is 0 Å². The zero-order chi connectivity index (χ0) is 13.1. The number of benzene rings is 1. The van der Waals surface area contributed by atoms with E-state index in [0.717, 1.165) is 5.56 Å². The lowest BCUT2D eigenvalue weighted by molar-refractivity contribution is 0.743. The predicted molar refractivity (Wildman–Crippen MR) is 75.6 cm³/mol. The van der Waals surface area contributed by atoms with E-state index in [-0.39, 0.29) is 5.95 Å². The average Bonchev–Trinajstić information content (AvgIpc) is 2.92. The lowest BCUT2D eigenvalue weighted by Crippen LogP contribution is -2.17. The van der Waals surface area contributed by atoms with Crippen LogP contribution >= 0.6 is 0 Å². The lowest BCUT2D eigenvalue weighted by atomic mass is 10.2. The van der Waals surface area contributed by atoms with E-state index in [1.807, 2.05) is 30.3 Å². The molecule has 0 unspecified atom stereocenters. The van der Waals surface area contributed by atoms with Gasteiger partial charge in [0.1, 0.15) is 0 Å². The number of anilines is 2. The van der Waals surface area contributed by atoms with Crippen LogP contribution in [0.15, 0.2) is 30.3 Å². The van der Waals surface area contributed by atoms with E-state index in [1.54, 1.807) is 0 Å². The topological polar surface area (TPSA) is 76.7 Å². The SMILES string of the molecule is Nc1nc(NC2CCCC2)nc(-c2ccccc2)n1. The maximum atomic E-state index is 5.77. The summed E-state index contributed by atoms with van der Waals surface area (Å²) in [4.78, 5) is 12.8. The molecule has 2 aromatic rings. The minimum atomic E-state index is 0.259. The zero-order valence-electron chi connectivity index (χ0n) is 10.7. The minimum absolute atomic E-state index is 0.259. The molecule has 1 heterocycles. The van der Waals surface area contributed by atoms with Gasteiger partial charge < -0.3 is 11.1 Å². The molecular weight excluding hydrogens is 238 g/mol. The van der Waals surface area contributed by atoms with Crippen molar-refractivity contribution in [1.82, 2.24) is 15.0 Å². The third-order valence-corrected chi connectivity index (χ3v) is 3.37. The van der Waals surface area contributed by atoms with E-state index in [1.165, 1.54) is 25.7 Å². The van der Waals surface area contributed by atoms with Gasteiger partial charge >= 0.3 is 0 Å². The highest BCUT2D eigenvalue weighted by Gasteiger charge is 2.16. The van der Waals surface area contributed by atoms with Crippen LogP contribution in [0.4, 0.5) is 11.9 Å². The van der Waals surface area contributed by atoms with Crippen molar-refractivity contribution in [3.05, 3.63) is 30.3 Å². The van der Waals surface area contributed by atoms with Crippen LogP contribution in [0.3, 0.4) is 0 Å². The van der Waals surface area contributed by atoms with Gasteiger partial charge in [-0.1, -0.05) is 43.2 Å². The number of aromatic nitrogens is 3. The van der Waals surface area contributed by atoms with E-state index >= 15 is 0 Å². The summed E-state index contributed by atoms with van der Waals surface area (Å²) in [7, 11) is 0. The normalized spacial score (nSPS) is 15.6. The van der Waals surface area contributed by atoms with Gasteiger partial charge in [0.2, 0.25) is 11.9 Å². The number of nitrogens with zero attached hydrogens (tertiary/aromatic N) is 3. The van der Waals surface area contributed by atoms with Crippen molar-refractivity contribution in [2.75, 3.05) is 11.1 Å². The quantitative estimate of drug-likeness (QED) is 0.881. The molecular formula is C14H17N5. The second-order valence-electron chi connectivity index (χ2n) is 4.83. The van der Waals surface area contributed by atoms with E-state index in [2.05, 4.69) is 20.3 Å². The molecule has 98 valence electrons. The monoisotopic (exact) mass is 255 g/mol. The molecule has 19 heavy (non-hydrogen) atoms. The number of hydrogen-bond donors (Lipinski definition) is 2. The molecule has 1 aromatic heterocycles. The molecule has 1 aliphatic carbocycles. The van der Waals surface area contributed by atoms with Crippen LogP contribution in [0.25, 0.3) is 11.4 Å². The van der Waals surface area contributed by atoms with Gasteiger partial charge in [0.05, 0.1) is 0 Å². The van der Waals surface area contributed by atoms with Crippen LogP contribution in [0.5, 0.6) is 0 Å². The lowest BCUT2D eigenvalue weighted by Gasteiger charge is -2.12. The van der Waals surface area contributed by atoms with Crippen LogP contribution in [0.2, 0.25) is 0 Å². The summed E-state index contributed by atoms with van der Waals surface area (Å²) in [5, 5.41) is 3.35. The largest absolute Gasteiger partial charge is 0.368 e. The van der Waals surface area contributed by atoms with Gasteiger partial charge in [0, 0.05) is 11.6 Å². The van der Waals surface area contributed by atoms with E-state index in [4.69, 9.17) is 5.73 Å². The summed E-state index contributed by atoms with van der Waals surface area (Å²) in [6.45, 7) is 0. The van der Waals surface area contributed by atoms with Gasteiger partial charge in [-0.05, 0) is 12.8 Å². The first kappa shape index (κ1) is 11.9. The van der Waals surface area contributed by atoms with Crippen molar-refractivity contribution in [2.45, 2.75) is 31.7 Å². The Morgan fingerprint density at radius 1 is 1.00 bits per heavy atom. The minimum Gasteiger partial charge on any atom is -0.368 e. The Morgan fingerprint density at radius 3 is 2.47 bits per heavy atom. The first-order valence-electron chi connectivity index (χ1n) is 6.65. The molecule has 0 radical (unpaired) electrons. The molecule has 0 saturated heterocycles. The van der Waals surface area contributed by atoms with Crippen LogP contribution in [-0.4, -0.2) is 21.0 Å². The van der Waals surface area contributed by atoms with Crippen LogP contribution < -0.4 is 11.1 Å². The fourth-order valence-electron chi connectivity index (χ4n) is 2.43. The maximum absolute atomic E-state index is 5.77. The summed E-state index contributed by atoms with van der Waals surface area (Å²) in [6.07, 6.45) is 4.88. The number of rotatable bonds is 3. The molecule has 1 aliphatic rings. The Balaban J connectivity index is 1.87. The van der Waals surface area contributed by atoms with Gasteiger partial charge in [-0.15, -0.1) is 0 Å². The number of hydrogen-bond acceptors (Lipinski definition) is 5. The fourth-order valence-corrected chi connectivity index (χ4v) is 2.43. The van der Waals surface area contributed by atoms with Crippen molar-refractivity contribution in [3.8, 4) is 11.4 Å². The Labute approximate surface area is 112 Å². The summed E-state index contributed by atoms with van der Waals surface area (Å²) in [5.74, 6) is 1.46. The molecule has 1 saturated carbocycles. The third-order valence-electron chi connectivity index (χ3n) is 3.37. The maximum Gasteiger partial charge on any atom is 0.228 e. The molecule has 0 atom stereocenters. The van der Waals surface area contributed by atoms with E-state index in [0.29, 0.717) is 17.8 Å². The summed E-state index contributed by atoms with van der Waals surface area (Å²) >= 11 is 0. The molecule has 5 nitrogen and oxygen atoms in total. The molecule has 0 bridgehead atoms. The molecule has 0 aliphatic heterocycles. The number of nitrogen functional groups attached to an aromatic ring is 1. The summed E-state index contributed by atoms with van der Waals surface area (Å²) in [5.41, 5.74) is 6.72. The number of nitrogens with two attached hydrogens (primary N) is 1. The van der Waals surface area contributed by atoms with Crippen LogP contribution in [-0.2, 0) is 0 Å². The smallest absolute Gasteiger partial charge is 0.228 e. The Bertz CT molecular complexity index is 549. The zero-order valence-corrected chi connectivity index (χ0v) is 10.7. The highest BCUT2D eigenvalue weighted by Crippen LogP contribution is 2.22. The summed E-state index contributed by atoms with van der Waals surface area (Å²) < 4.78 is 0. The van der Waals surface area contributed by atoms with Crippen LogP contribution in [0, 0.1) is 0 Å². The summed E-state index contributed by atoms with van der Waals surface area (Å²) in [6, 6.07) is 10.3.